The van der Waals surface area contributed by atoms with E-state index in [0.717, 1.165) is 12.0 Å². The largest absolute Gasteiger partial charge is 0.444 e. The van der Waals surface area contributed by atoms with Gasteiger partial charge in [-0.1, -0.05) is 38.1 Å². The Hall–Kier alpha value is -1.89. The molecular formula is C19H27NO5S. The van der Waals surface area contributed by atoms with Crippen LogP contribution >= 0.6 is 0 Å². The Balaban J connectivity index is 2.39. The van der Waals surface area contributed by atoms with Gasteiger partial charge in [0.15, 0.2) is 9.84 Å². The highest BCUT2D eigenvalue weighted by Crippen LogP contribution is 2.55. The normalized spacial score (nSPS) is 25.4. The zero-order valence-corrected chi connectivity index (χ0v) is 16.7. The molecule has 1 aliphatic carbocycles. The van der Waals surface area contributed by atoms with Gasteiger partial charge in [-0.3, -0.25) is 0 Å². The molecule has 1 aromatic carbocycles. The van der Waals surface area contributed by atoms with E-state index in [4.69, 9.17) is 4.74 Å². The summed E-state index contributed by atoms with van der Waals surface area (Å²) in [4.78, 5) is 24.2. The van der Waals surface area contributed by atoms with Crippen LogP contribution in [0.15, 0.2) is 24.3 Å². The van der Waals surface area contributed by atoms with Crippen LogP contribution in [0.1, 0.15) is 51.7 Å². The average Bonchev–Trinajstić information content (AvgIpc) is 3.22. The predicted molar refractivity (Wildman–Crippen MR) is 100.0 cm³/mol. The molecule has 26 heavy (non-hydrogen) atoms. The fraction of sp³-hybridized carbons (Fsp3) is 0.579. The first kappa shape index (κ1) is 20.4. The van der Waals surface area contributed by atoms with Gasteiger partial charge in [0.2, 0.25) is 0 Å². The maximum absolute atomic E-state index is 12.6. The third-order valence-electron chi connectivity index (χ3n) is 4.63. The molecule has 0 spiro atoms. The van der Waals surface area contributed by atoms with E-state index in [1.54, 1.807) is 20.8 Å². The molecule has 1 aliphatic rings. The predicted octanol–water partition coefficient (Wildman–Crippen LogP) is 2.61. The van der Waals surface area contributed by atoms with Gasteiger partial charge in [-0.15, -0.1) is 0 Å². The van der Waals surface area contributed by atoms with Gasteiger partial charge in [-0.05, 0) is 38.3 Å². The van der Waals surface area contributed by atoms with E-state index in [9.17, 15) is 18.0 Å². The summed E-state index contributed by atoms with van der Waals surface area (Å²) in [7, 11) is -3.55. The lowest BCUT2D eigenvalue weighted by Crippen LogP contribution is -2.45. The van der Waals surface area contributed by atoms with Crippen molar-refractivity contribution in [3.8, 4) is 0 Å². The molecule has 6 nitrogen and oxygen atoms in total. The number of aryl methyl sites for hydroxylation is 1. The van der Waals surface area contributed by atoms with Gasteiger partial charge in [0.05, 0.1) is 0 Å². The topological polar surface area (TPSA) is 89.5 Å². The lowest BCUT2D eigenvalue weighted by molar-refractivity contribution is -0.110. The van der Waals surface area contributed by atoms with Crippen LogP contribution in [0.25, 0.3) is 0 Å². The smallest absolute Gasteiger partial charge is 0.408 e. The number of amides is 1. The summed E-state index contributed by atoms with van der Waals surface area (Å²) >= 11 is 0. The summed E-state index contributed by atoms with van der Waals surface area (Å²) in [5.74, 6) is -0.726. The van der Waals surface area contributed by atoms with Gasteiger partial charge in [-0.25, -0.2) is 13.2 Å². The van der Waals surface area contributed by atoms with Crippen molar-refractivity contribution in [2.24, 2.45) is 0 Å². The SMILES string of the molecule is CCc1ccc(C2C(S(=O)(=O)CC)C2(C=O)NC(=O)OC(C)(C)C)cc1. The third kappa shape index (κ3) is 3.92. The van der Waals surface area contributed by atoms with Crippen molar-refractivity contribution in [3.05, 3.63) is 35.4 Å². The van der Waals surface area contributed by atoms with Crippen molar-refractivity contribution in [1.29, 1.82) is 0 Å². The van der Waals surface area contributed by atoms with Gasteiger partial charge in [-0.2, -0.15) is 0 Å². The van der Waals surface area contributed by atoms with Crippen molar-refractivity contribution in [1.82, 2.24) is 5.32 Å². The Morgan fingerprint density at radius 1 is 1.23 bits per heavy atom. The summed E-state index contributed by atoms with van der Waals surface area (Å²) in [6, 6.07) is 7.46. The first-order valence-corrected chi connectivity index (χ1v) is 10.5. The first-order valence-electron chi connectivity index (χ1n) is 8.78. The molecule has 0 radical (unpaired) electrons. The van der Waals surface area contributed by atoms with Gasteiger partial charge >= 0.3 is 6.09 Å². The summed E-state index contributed by atoms with van der Waals surface area (Å²) in [5.41, 5.74) is -0.417. The number of rotatable bonds is 6. The molecule has 7 heteroatoms. The fourth-order valence-corrected chi connectivity index (χ4v) is 5.20. The van der Waals surface area contributed by atoms with E-state index >= 15 is 0 Å². The summed E-state index contributed by atoms with van der Waals surface area (Å²) in [5, 5.41) is 1.54. The molecule has 0 aromatic heterocycles. The standard InChI is InChI=1S/C19H27NO5S/c1-6-13-8-10-14(11-9-13)15-16(26(23,24)7-2)19(15,12-21)20-17(22)25-18(3,4)5/h8-12,15-16H,6-7H2,1-5H3,(H,20,22). The maximum atomic E-state index is 12.6. The van der Waals surface area contributed by atoms with Crippen LogP contribution in [-0.2, 0) is 25.8 Å². The van der Waals surface area contributed by atoms with E-state index in [1.165, 1.54) is 6.92 Å². The van der Waals surface area contributed by atoms with Crippen molar-refractivity contribution >= 4 is 22.2 Å². The molecule has 144 valence electrons. The summed E-state index contributed by atoms with van der Waals surface area (Å²) in [6.45, 7) is 8.67. The summed E-state index contributed by atoms with van der Waals surface area (Å²) < 4.78 is 30.3. The number of benzene rings is 1. The van der Waals surface area contributed by atoms with E-state index < -0.39 is 38.2 Å². The minimum absolute atomic E-state index is 0.104. The lowest BCUT2D eigenvalue weighted by atomic mass is 10.0. The van der Waals surface area contributed by atoms with Crippen molar-refractivity contribution < 1.29 is 22.7 Å². The van der Waals surface area contributed by atoms with Crippen LogP contribution in [0.3, 0.4) is 0 Å². The van der Waals surface area contributed by atoms with Crippen LogP contribution in [0.5, 0.6) is 0 Å². The Morgan fingerprint density at radius 2 is 1.81 bits per heavy atom. The average molecular weight is 381 g/mol. The van der Waals surface area contributed by atoms with E-state index in [1.807, 2.05) is 31.2 Å². The highest BCUT2D eigenvalue weighted by molar-refractivity contribution is 7.92. The number of ether oxygens (including phenoxy) is 1. The molecule has 0 aliphatic heterocycles. The van der Waals surface area contributed by atoms with Gasteiger partial charge in [0, 0.05) is 11.7 Å². The molecule has 0 heterocycles. The number of aldehydes is 1. The number of carbonyl (C=O) groups is 2. The zero-order valence-electron chi connectivity index (χ0n) is 15.9. The molecule has 0 bridgehead atoms. The number of nitrogens with one attached hydrogen (secondary N) is 1. The second-order valence-corrected chi connectivity index (χ2v) is 10.0. The number of sulfone groups is 1. The van der Waals surface area contributed by atoms with Crippen molar-refractivity contribution in [3.63, 3.8) is 0 Å². The van der Waals surface area contributed by atoms with E-state index in [0.29, 0.717) is 11.8 Å². The maximum Gasteiger partial charge on any atom is 0.408 e. The van der Waals surface area contributed by atoms with Gasteiger partial charge in [0.1, 0.15) is 22.7 Å². The lowest BCUT2D eigenvalue weighted by Gasteiger charge is -2.22. The highest BCUT2D eigenvalue weighted by Gasteiger charge is 2.72. The van der Waals surface area contributed by atoms with Gasteiger partial charge < -0.3 is 14.8 Å². The number of alkyl carbamates (subject to hydrolysis) is 1. The Morgan fingerprint density at radius 3 is 2.23 bits per heavy atom. The zero-order chi connectivity index (χ0) is 19.8. The first-order chi connectivity index (χ1) is 12.0. The number of hydrogen-bond acceptors (Lipinski definition) is 5. The minimum Gasteiger partial charge on any atom is -0.444 e. The van der Waals surface area contributed by atoms with E-state index in [-0.39, 0.29) is 5.75 Å². The van der Waals surface area contributed by atoms with E-state index in [2.05, 4.69) is 5.32 Å². The van der Waals surface area contributed by atoms with Gasteiger partial charge in [0.25, 0.3) is 0 Å². The summed E-state index contributed by atoms with van der Waals surface area (Å²) in [6.07, 6.45) is 0.595. The molecule has 3 unspecified atom stereocenters. The van der Waals surface area contributed by atoms with Crippen LogP contribution in [0.2, 0.25) is 0 Å². The minimum atomic E-state index is -3.55. The highest BCUT2D eigenvalue weighted by atomic mass is 32.2. The molecule has 1 N–H and O–H groups in total. The Labute approximate surface area is 155 Å². The number of carbonyl (C=O) groups excluding carboxylic acids is 2. The Kier molecular flexibility index (Phi) is 5.52. The second-order valence-electron chi connectivity index (χ2n) is 7.62. The monoisotopic (exact) mass is 381 g/mol. The van der Waals surface area contributed by atoms with Crippen LogP contribution < -0.4 is 5.32 Å². The molecule has 1 amide bonds. The van der Waals surface area contributed by atoms with Crippen LogP contribution in [0, 0.1) is 0 Å². The molecule has 1 aromatic rings. The molecular weight excluding hydrogens is 354 g/mol. The molecule has 1 saturated carbocycles. The van der Waals surface area contributed by atoms with Crippen molar-refractivity contribution in [2.75, 3.05) is 5.75 Å². The van der Waals surface area contributed by atoms with Crippen LogP contribution in [0.4, 0.5) is 4.79 Å². The molecule has 1 fully saturated rings. The Bertz CT molecular complexity index is 779. The quantitative estimate of drug-likeness (QED) is 0.765. The van der Waals surface area contributed by atoms with Crippen molar-refractivity contribution in [2.45, 2.75) is 63.3 Å². The number of hydrogen-bond donors (Lipinski definition) is 1. The molecule has 2 rings (SSSR count). The molecule has 0 saturated heterocycles. The molecule has 3 atom stereocenters. The fourth-order valence-electron chi connectivity index (χ4n) is 3.27. The van der Waals surface area contributed by atoms with Crippen LogP contribution in [-0.4, -0.2) is 42.9 Å². The third-order valence-corrected chi connectivity index (χ3v) is 6.87. The second kappa shape index (κ2) is 7.02.